The molecule has 0 aliphatic carbocycles. The normalized spacial score (nSPS) is 12.0. The lowest BCUT2D eigenvalue weighted by atomic mass is 10.0. The quantitative estimate of drug-likeness (QED) is 0.283. The van der Waals surface area contributed by atoms with Gasteiger partial charge in [0.15, 0.2) is 0 Å². The average molecular weight is 453 g/mol. The molecule has 138 valence electrons. The molecule has 0 atom stereocenters. The van der Waals surface area contributed by atoms with E-state index in [1.807, 2.05) is 49.3 Å². The molecule has 6 heteroatoms. The van der Waals surface area contributed by atoms with Crippen LogP contribution in [0.25, 0.3) is 0 Å². The number of hydrogen-bond acceptors (Lipinski definition) is 3. The van der Waals surface area contributed by atoms with E-state index in [4.69, 9.17) is 11.6 Å². The molecule has 0 saturated carbocycles. The third-order valence-corrected chi connectivity index (χ3v) is 6.31. The maximum atomic E-state index is 6.47. The van der Waals surface area contributed by atoms with E-state index in [0.717, 1.165) is 39.3 Å². The number of aryl methyl sites for hydroxylation is 1. The van der Waals surface area contributed by atoms with Crippen molar-refractivity contribution in [2.45, 2.75) is 18.7 Å². The highest BCUT2D eigenvalue weighted by Gasteiger charge is 2.12. The number of thioether (sulfide) groups is 1. The van der Waals surface area contributed by atoms with E-state index in [0.29, 0.717) is 5.02 Å². The number of halogens is 2. The molecule has 0 aliphatic heterocycles. The van der Waals surface area contributed by atoms with Gasteiger partial charge < -0.3 is 4.90 Å². The zero-order valence-electron chi connectivity index (χ0n) is 15.5. The molecule has 0 aliphatic rings. The van der Waals surface area contributed by atoms with Gasteiger partial charge >= 0.3 is 0 Å². The van der Waals surface area contributed by atoms with Crippen LogP contribution in [0.5, 0.6) is 0 Å². The molecule has 0 saturated heterocycles. The topological polar surface area (TPSA) is 28.0 Å². The van der Waals surface area contributed by atoms with Crippen molar-refractivity contribution in [2.75, 3.05) is 26.4 Å². The van der Waals surface area contributed by atoms with Crippen LogP contribution in [-0.4, -0.2) is 43.3 Å². The maximum absolute atomic E-state index is 6.47. The van der Waals surface area contributed by atoms with E-state index in [1.54, 1.807) is 18.1 Å². The minimum Gasteiger partial charge on any atom is -0.366 e. The highest BCUT2D eigenvalue weighted by Crippen LogP contribution is 2.31. The Morgan fingerprint density at radius 3 is 2.69 bits per heavy atom. The van der Waals surface area contributed by atoms with Crippen molar-refractivity contribution in [3.8, 4) is 0 Å². The summed E-state index contributed by atoms with van der Waals surface area (Å²) in [5, 5.41) is 0.637. The largest absolute Gasteiger partial charge is 0.366 e. The zero-order chi connectivity index (χ0) is 19.1. The number of aliphatic imine (C=N–C) groups is 2. The second-order valence-corrected chi connectivity index (χ2v) is 8.10. The third kappa shape index (κ3) is 5.60. The highest BCUT2D eigenvalue weighted by molar-refractivity contribution is 9.10. The third-order valence-electron chi connectivity index (χ3n) is 3.97. The molecule has 3 nitrogen and oxygen atoms in total. The highest BCUT2D eigenvalue weighted by atomic mass is 79.9. The molecule has 26 heavy (non-hydrogen) atoms. The summed E-state index contributed by atoms with van der Waals surface area (Å²) < 4.78 is 1.10. The second-order valence-electron chi connectivity index (χ2n) is 5.83. The summed E-state index contributed by atoms with van der Waals surface area (Å²) >= 11 is 11.8. The summed E-state index contributed by atoms with van der Waals surface area (Å²) in [6, 6.07) is 12.2. The van der Waals surface area contributed by atoms with E-state index in [9.17, 15) is 0 Å². The van der Waals surface area contributed by atoms with Crippen LogP contribution in [0.1, 0.15) is 18.1 Å². The van der Waals surface area contributed by atoms with Crippen molar-refractivity contribution in [2.24, 2.45) is 9.98 Å². The molecular formula is C20H23BrClN3S. The van der Waals surface area contributed by atoms with Crippen molar-refractivity contribution in [3.63, 3.8) is 0 Å². The fraction of sp³-hybridized carbons (Fsp3) is 0.300. The standard InChI is InChI=1S/C20H23BrClN3S/c1-5-25(4)13-24-18-10-14(2)15(11-17(18)22)19(23-3)12-26-20-9-7-6-8-16(20)21/h6-11,13H,5,12H2,1-4H3/b23-19+,24-13?. The SMILES string of the molecule is CCN(C)C=Nc1cc(C)c(/C(CSc2ccccc2Br)=N/C)cc1Cl. The van der Waals surface area contributed by atoms with Crippen LogP contribution in [-0.2, 0) is 0 Å². The summed E-state index contributed by atoms with van der Waals surface area (Å²) in [4.78, 5) is 12.2. The van der Waals surface area contributed by atoms with Gasteiger partial charge in [0.05, 0.1) is 22.8 Å². The first-order valence-electron chi connectivity index (χ1n) is 8.34. The van der Waals surface area contributed by atoms with E-state index in [1.165, 1.54) is 4.90 Å². The number of hydrogen-bond donors (Lipinski definition) is 0. The lowest BCUT2D eigenvalue weighted by Crippen LogP contribution is -2.14. The van der Waals surface area contributed by atoms with E-state index < -0.39 is 0 Å². The number of nitrogens with zero attached hydrogens (tertiary/aromatic N) is 3. The Kier molecular flexibility index (Phi) is 8.19. The molecule has 0 fully saturated rings. The Balaban J connectivity index is 2.22. The Labute approximate surface area is 173 Å². The van der Waals surface area contributed by atoms with Crippen LogP contribution in [0.3, 0.4) is 0 Å². The number of rotatable bonds is 7. The molecule has 0 amide bonds. The number of benzene rings is 2. The van der Waals surface area contributed by atoms with Gasteiger partial charge in [-0.25, -0.2) is 4.99 Å². The van der Waals surface area contributed by atoms with Crippen molar-refractivity contribution in [1.29, 1.82) is 0 Å². The fourth-order valence-electron chi connectivity index (χ4n) is 2.29. The van der Waals surface area contributed by atoms with Gasteiger partial charge in [0, 0.05) is 41.3 Å². The molecule has 2 aromatic rings. The summed E-state index contributed by atoms with van der Waals surface area (Å²) in [6.45, 7) is 5.05. The molecular weight excluding hydrogens is 430 g/mol. The Bertz CT molecular complexity index is 821. The van der Waals surface area contributed by atoms with Gasteiger partial charge in [-0.3, -0.25) is 4.99 Å². The monoisotopic (exact) mass is 451 g/mol. The molecule has 0 radical (unpaired) electrons. The van der Waals surface area contributed by atoms with Crippen LogP contribution in [0, 0.1) is 6.92 Å². The van der Waals surface area contributed by atoms with Crippen molar-refractivity contribution < 1.29 is 0 Å². The molecule has 0 aromatic heterocycles. The van der Waals surface area contributed by atoms with Gasteiger partial charge in [0.2, 0.25) is 0 Å². The van der Waals surface area contributed by atoms with Crippen molar-refractivity contribution in [1.82, 2.24) is 4.90 Å². The average Bonchev–Trinajstić information content (AvgIpc) is 2.64. The van der Waals surface area contributed by atoms with Gasteiger partial charge in [0.25, 0.3) is 0 Å². The first-order valence-corrected chi connectivity index (χ1v) is 10.5. The summed E-state index contributed by atoms with van der Waals surface area (Å²) in [5.74, 6) is 0.775. The van der Waals surface area contributed by atoms with Crippen LogP contribution in [0.4, 0.5) is 5.69 Å². The van der Waals surface area contributed by atoms with E-state index >= 15 is 0 Å². The summed E-state index contributed by atoms with van der Waals surface area (Å²) in [7, 11) is 3.81. The van der Waals surface area contributed by atoms with Crippen molar-refractivity contribution in [3.05, 3.63) is 57.0 Å². The van der Waals surface area contributed by atoms with Crippen LogP contribution < -0.4 is 0 Å². The second kappa shape index (κ2) is 10.1. The predicted molar refractivity (Wildman–Crippen MR) is 120 cm³/mol. The van der Waals surface area contributed by atoms with Gasteiger partial charge in [-0.1, -0.05) is 23.7 Å². The molecule has 0 bridgehead atoms. The molecule has 2 aromatic carbocycles. The lowest BCUT2D eigenvalue weighted by molar-refractivity contribution is 0.552. The Hall–Kier alpha value is -1.30. The molecule has 0 heterocycles. The first-order chi connectivity index (χ1) is 12.5. The Morgan fingerprint density at radius 1 is 1.31 bits per heavy atom. The van der Waals surface area contributed by atoms with Gasteiger partial charge in [-0.2, -0.15) is 0 Å². The van der Waals surface area contributed by atoms with Crippen LogP contribution in [0.2, 0.25) is 5.02 Å². The van der Waals surface area contributed by atoms with Crippen LogP contribution >= 0.6 is 39.3 Å². The minimum absolute atomic E-state index is 0.637. The van der Waals surface area contributed by atoms with Gasteiger partial charge in [-0.15, -0.1) is 11.8 Å². The maximum Gasteiger partial charge on any atom is 0.0910 e. The summed E-state index contributed by atoms with van der Waals surface area (Å²) in [5.41, 5.74) is 3.99. The lowest BCUT2D eigenvalue weighted by Gasteiger charge is -2.13. The van der Waals surface area contributed by atoms with Gasteiger partial charge in [-0.05, 0) is 59.6 Å². The van der Waals surface area contributed by atoms with E-state index in [-0.39, 0.29) is 0 Å². The smallest absolute Gasteiger partial charge is 0.0910 e. The van der Waals surface area contributed by atoms with Gasteiger partial charge in [0.1, 0.15) is 0 Å². The first kappa shape index (κ1) is 21.0. The fourth-order valence-corrected chi connectivity index (χ4v) is 4.09. The van der Waals surface area contributed by atoms with E-state index in [2.05, 4.69) is 45.8 Å². The summed E-state index contributed by atoms with van der Waals surface area (Å²) in [6.07, 6.45) is 1.80. The molecule has 0 unspecified atom stereocenters. The zero-order valence-corrected chi connectivity index (χ0v) is 18.6. The predicted octanol–water partition coefficient (Wildman–Crippen LogP) is 6.23. The Morgan fingerprint density at radius 2 is 2.04 bits per heavy atom. The van der Waals surface area contributed by atoms with Crippen molar-refractivity contribution >= 4 is 57.0 Å². The molecule has 2 rings (SSSR count). The molecule has 0 spiro atoms. The minimum atomic E-state index is 0.637. The molecule has 0 N–H and O–H groups in total. The van der Waals surface area contributed by atoms with Crippen LogP contribution in [0.15, 0.2) is 55.8 Å².